The fourth-order valence-electron chi connectivity index (χ4n) is 3.84. The molecule has 3 rings (SSSR count). The van der Waals surface area contributed by atoms with E-state index in [4.69, 9.17) is 4.74 Å². The number of carbonyl (C=O) groups excluding carboxylic acids is 1. The molecule has 3 atom stereocenters. The van der Waals surface area contributed by atoms with Crippen molar-refractivity contribution in [2.45, 2.75) is 70.0 Å². The van der Waals surface area contributed by atoms with Gasteiger partial charge < -0.3 is 10.1 Å². The lowest BCUT2D eigenvalue weighted by Gasteiger charge is -2.30. The van der Waals surface area contributed by atoms with Crippen molar-refractivity contribution in [1.29, 1.82) is 0 Å². The number of rotatable bonds is 5. The molecule has 0 amide bonds. The van der Waals surface area contributed by atoms with E-state index in [1.807, 2.05) is 6.92 Å². The lowest BCUT2D eigenvalue weighted by atomic mass is 9.85. The third-order valence-corrected chi connectivity index (χ3v) is 5.05. The molecule has 3 aliphatic rings. The average Bonchev–Trinajstić information content (AvgIpc) is 3.20. The number of esters is 1. The largest absolute Gasteiger partial charge is 0.466 e. The van der Waals surface area contributed by atoms with E-state index in [1.165, 1.54) is 38.8 Å². The van der Waals surface area contributed by atoms with Crippen LogP contribution in [0.4, 0.5) is 0 Å². The van der Waals surface area contributed by atoms with E-state index in [2.05, 4.69) is 10.2 Å². The minimum Gasteiger partial charge on any atom is -0.466 e. The molecule has 0 aromatic heterocycles. The van der Waals surface area contributed by atoms with Gasteiger partial charge in [0.25, 0.3) is 0 Å². The maximum absolute atomic E-state index is 11.9. The lowest BCUT2D eigenvalue weighted by Crippen LogP contribution is -2.43. The molecule has 0 radical (unpaired) electrons. The van der Waals surface area contributed by atoms with Crippen LogP contribution in [0.2, 0.25) is 0 Å². The highest BCUT2D eigenvalue weighted by molar-refractivity contribution is 5.72. The molecule has 20 heavy (non-hydrogen) atoms. The summed E-state index contributed by atoms with van der Waals surface area (Å²) in [6, 6.07) is 2.05. The van der Waals surface area contributed by atoms with Gasteiger partial charge in [-0.05, 0) is 45.4 Å². The van der Waals surface area contributed by atoms with Crippen molar-refractivity contribution in [2.75, 3.05) is 19.7 Å². The van der Waals surface area contributed by atoms with Crippen molar-refractivity contribution >= 4 is 5.97 Å². The highest BCUT2D eigenvalue weighted by Crippen LogP contribution is 2.31. The molecule has 3 fully saturated rings. The highest BCUT2D eigenvalue weighted by Gasteiger charge is 2.36. The van der Waals surface area contributed by atoms with Gasteiger partial charge in [0.15, 0.2) is 0 Å². The summed E-state index contributed by atoms with van der Waals surface area (Å²) in [6.07, 6.45) is 8.43. The number of ether oxygens (including phenoxy) is 1. The van der Waals surface area contributed by atoms with Crippen molar-refractivity contribution in [2.24, 2.45) is 5.92 Å². The zero-order valence-corrected chi connectivity index (χ0v) is 12.6. The fraction of sp³-hybridized carbons (Fsp3) is 0.938. The third-order valence-electron chi connectivity index (χ3n) is 5.05. The van der Waals surface area contributed by atoms with Crippen molar-refractivity contribution in [1.82, 2.24) is 10.2 Å². The van der Waals surface area contributed by atoms with E-state index in [0.717, 1.165) is 25.3 Å². The first-order valence-corrected chi connectivity index (χ1v) is 8.43. The molecule has 0 bridgehead atoms. The van der Waals surface area contributed by atoms with Crippen LogP contribution in [-0.4, -0.2) is 48.7 Å². The Morgan fingerprint density at radius 2 is 2.05 bits per heavy atom. The topological polar surface area (TPSA) is 41.6 Å². The fourth-order valence-corrected chi connectivity index (χ4v) is 3.84. The van der Waals surface area contributed by atoms with Crippen molar-refractivity contribution in [3.05, 3.63) is 0 Å². The van der Waals surface area contributed by atoms with Gasteiger partial charge in [-0.15, -0.1) is 0 Å². The quantitative estimate of drug-likeness (QED) is 0.781. The van der Waals surface area contributed by atoms with Crippen LogP contribution in [0.3, 0.4) is 0 Å². The van der Waals surface area contributed by atoms with Gasteiger partial charge >= 0.3 is 5.97 Å². The number of hydrogen-bond donors (Lipinski definition) is 1. The summed E-state index contributed by atoms with van der Waals surface area (Å²) in [4.78, 5) is 14.5. The van der Waals surface area contributed by atoms with Crippen LogP contribution in [0.5, 0.6) is 0 Å². The molecule has 3 unspecified atom stereocenters. The molecular formula is C16H28N2O2. The van der Waals surface area contributed by atoms with E-state index in [9.17, 15) is 4.79 Å². The molecule has 1 aliphatic heterocycles. The summed E-state index contributed by atoms with van der Waals surface area (Å²) in [7, 11) is 0. The molecule has 4 nitrogen and oxygen atoms in total. The Morgan fingerprint density at radius 1 is 1.20 bits per heavy atom. The Labute approximate surface area is 122 Å². The third kappa shape index (κ3) is 3.53. The summed E-state index contributed by atoms with van der Waals surface area (Å²) in [5.74, 6) is 0.146. The lowest BCUT2D eigenvalue weighted by molar-refractivity contribution is -0.149. The highest BCUT2D eigenvalue weighted by atomic mass is 16.5. The van der Waals surface area contributed by atoms with E-state index in [-0.39, 0.29) is 11.9 Å². The van der Waals surface area contributed by atoms with Crippen LogP contribution in [0.15, 0.2) is 0 Å². The molecule has 0 aromatic rings. The Kier molecular flexibility index (Phi) is 4.61. The zero-order chi connectivity index (χ0) is 13.9. The van der Waals surface area contributed by atoms with Gasteiger partial charge in [-0.25, -0.2) is 0 Å². The predicted octanol–water partition coefficient (Wildman–Crippen LogP) is 1.93. The first-order chi connectivity index (χ1) is 9.76. The van der Waals surface area contributed by atoms with Crippen LogP contribution in [0.25, 0.3) is 0 Å². The Hall–Kier alpha value is -0.610. The second-order valence-corrected chi connectivity index (χ2v) is 6.69. The molecule has 114 valence electrons. The molecule has 1 saturated heterocycles. The zero-order valence-electron chi connectivity index (χ0n) is 12.6. The summed E-state index contributed by atoms with van der Waals surface area (Å²) in [6.45, 7) is 4.87. The minimum atomic E-state index is 0.0185. The Balaban J connectivity index is 1.44. The number of carbonyl (C=O) groups is 1. The molecular weight excluding hydrogens is 252 g/mol. The van der Waals surface area contributed by atoms with Crippen LogP contribution < -0.4 is 5.32 Å². The standard InChI is InChI=1S/C16H28N2O2/c1-2-20-16(19)12-4-3-5-13(10-12)17-14-8-9-18(11-14)15-6-7-15/h12-15,17H,2-11H2,1H3. The molecule has 4 heteroatoms. The molecule has 2 aliphatic carbocycles. The monoisotopic (exact) mass is 280 g/mol. The van der Waals surface area contributed by atoms with E-state index in [1.54, 1.807) is 0 Å². The molecule has 0 spiro atoms. The minimum absolute atomic E-state index is 0.0185. The Morgan fingerprint density at radius 3 is 2.80 bits per heavy atom. The average molecular weight is 280 g/mol. The second kappa shape index (κ2) is 6.44. The van der Waals surface area contributed by atoms with E-state index in [0.29, 0.717) is 18.7 Å². The second-order valence-electron chi connectivity index (χ2n) is 6.69. The van der Waals surface area contributed by atoms with Crippen molar-refractivity contribution in [3.8, 4) is 0 Å². The van der Waals surface area contributed by atoms with Gasteiger partial charge in [0.2, 0.25) is 0 Å². The number of likely N-dealkylation sites (tertiary alicyclic amines) is 1. The summed E-state index contributed by atoms with van der Waals surface area (Å²) in [5.41, 5.74) is 0. The van der Waals surface area contributed by atoms with Gasteiger partial charge in [0, 0.05) is 31.2 Å². The summed E-state index contributed by atoms with van der Waals surface area (Å²) < 4.78 is 5.18. The van der Waals surface area contributed by atoms with Crippen LogP contribution in [-0.2, 0) is 9.53 Å². The smallest absolute Gasteiger partial charge is 0.308 e. The maximum Gasteiger partial charge on any atom is 0.308 e. The first-order valence-electron chi connectivity index (χ1n) is 8.43. The van der Waals surface area contributed by atoms with Crippen LogP contribution in [0.1, 0.15) is 51.9 Å². The normalized spacial score (nSPS) is 35.1. The van der Waals surface area contributed by atoms with Gasteiger partial charge in [-0.3, -0.25) is 9.69 Å². The van der Waals surface area contributed by atoms with E-state index < -0.39 is 0 Å². The van der Waals surface area contributed by atoms with Crippen LogP contribution in [0, 0.1) is 5.92 Å². The molecule has 1 N–H and O–H groups in total. The van der Waals surface area contributed by atoms with Crippen LogP contribution >= 0.6 is 0 Å². The Bertz CT molecular complexity index is 343. The van der Waals surface area contributed by atoms with Gasteiger partial charge in [0.1, 0.15) is 0 Å². The van der Waals surface area contributed by atoms with Gasteiger partial charge in [0.05, 0.1) is 12.5 Å². The number of hydrogen-bond acceptors (Lipinski definition) is 4. The van der Waals surface area contributed by atoms with E-state index >= 15 is 0 Å². The summed E-state index contributed by atoms with van der Waals surface area (Å²) >= 11 is 0. The predicted molar refractivity (Wildman–Crippen MR) is 78.5 cm³/mol. The first kappa shape index (κ1) is 14.3. The maximum atomic E-state index is 11.9. The molecule has 2 saturated carbocycles. The number of nitrogens with one attached hydrogen (secondary N) is 1. The van der Waals surface area contributed by atoms with Crippen molar-refractivity contribution in [3.63, 3.8) is 0 Å². The van der Waals surface area contributed by atoms with Crippen molar-refractivity contribution < 1.29 is 9.53 Å². The SMILES string of the molecule is CCOC(=O)C1CCCC(NC2CCN(C3CC3)C2)C1. The molecule has 1 heterocycles. The van der Waals surface area contributed by atoms with Gasteiger partial charge in [-0.1, -0.05) is 6.42 Å². The summed E-state index contributed by atoms with van der Waals surface area (Å²) in [5, 5.41) is 3.81. The molecule has 0 aromatic carbocycles. The van der Waals surface area contributed by atoms with Gasteiger partial charge in [-0.2, -0.15) is 0 Å². The number of nitrogens with zero attached hydrogens (tertiary/aromatic N) is 1.